The lowest BCUT2D eigenvalue weighted by Crippen LogP contribution is -2.36. The van der Waals surface area contributed by atoms with Gasteiger partial charge in [0.15, 0.2) is 0 Å². The highest BCUT2D eigenvalue weighted by molar-refractivity contribution is 7.80. The minimum absolute atomic E-state index is 0.687. The van der Waals surface area contributed by atoms with Gasteiger partial charge in [-0.15, -0.1) is 0 Å². The van der Waals surface area contributed by atoms with Gasteiger partial charge in [0.05, 0.1) is 12.2 Å². The highest BCUT2D eigenvalue weighted by atomic mass is 32.1. The number of epoxide rings is 1. The van der Waals surface area contributed by atoms with E-state index in [4.69, 9.17) is 17.4 Å². The molecule has 0 spiro atoms. The summed E-state index contributed by atoms with van der Waals surface area (Å²) in [5.41, 5.74) is 0. The highest BCUT2D eigenvalue weighted by Gasteiger charge is 2.64. The van der Waals surface area contributed by atoms with Gasteiger partial charge in [-0.05, 0) is 67.6 Å². The first-order chi connectivity index (χ1) is 7.81. The summed E-state index contributed by atoms with van der Waals surface area (Å²) in [4.78, 5) is 0. The molecule has 5 fully saturated rings. The van der Waals surface area contributed by atoms with Crippen LogP contribution >= 0.6 is 12.6 Å². The average Bonchev–Trinajstić information content (AvgIpc) is 2.61. The Balaban J connectivity index is 1.49. The molecule has 5 rings (SSSR count). The quantitative estimate of drug-likeness (QED) is 0.504. The van der Waals surface area contributed by atoms with Crippen molar-refractivity contribution in [3.05, 3.63) is 0 Å². The number of ether oxygens (including phenoxy) is 1. The van der Waals surface area contributed by atoms with E-state index in [0.29, 0.717) is 12.2 Å². The lowest BCUT2D eigenvalue weighted by Gasteiger charge is -2.39. The van der Waals surface area contributed by atoms with Crippen molar-refractivity contribution in [1.29, 1.82) is 0 Å². The van der Waals surface area contributed by atoms with Gasteiger partial charge in [-0.1, -0.05) is 0 Å². The van der Waals surface area contributed by atoms with Gasteiger partial charge in [-0.25, -0.2) is 0 Å². The third-order valence-electron chi connectivity index (χ3n) is 6.63. The molecule has 1 nitrogen and oxygen atoms in total. The SMILES string of the molecule is SC1CC2C(C1)C1CC2C2CC3OC3CC21. The predicted molar refractivity (Wildman–Crippen MR) is 65.5 cm³/mol. The van der Waals surface area contributed by atoms with E-state index in [0.717, 1.165) is 40.8 Å². The molecule has 5 aliphatic rings. The number of thiol groups is 1. The molecular formula is C14H20OS. The molecule has 0 aromatic carbocycles. The van der Waals surface area contributed by atoms with Gasteiger partial charge in [-0.2, -0.15) is 12.6 Å². The van der Waals surface area contributed by atoms with E-state index in [-0.39, 0.29) is 0 Å². The first-order valence-corrected chi connectivity index (χ1v) is 7.66. The monoisotopic (exact) mass is 236 g/mol. The van der Waals surface area contributed by atoms with Crippen LogP contribution in [0.4, 0.5) is 0 Å². The van der Waals surface area contributed by atoms with E-state index in [9.17, 15) is 0 Å². The molecule has 88 valence electrons. The predicted octanol–water partition coefficient (Wildman–Crippen LogP) is 2.75. The fourth-order valence-electron chi connectivity index (χ4n) is 6.17. The summed E-state index contributed by atoms with van der Waals surface area (Å²) in [7, 11) is 0. The summed E-state index contributed by atoms with van der Waals surface area (Å²) in [6, 6.07) is 0. The van der Waals surface area contributed by atoms with Crippen molar-refractivity contribution in [1.82, 2.24) is 0 Å². The van der Waals surface area contributed by atoms with Crippen molar-refractivity contribution in [2.24, 2.45) is 35.5 Å². The molecule has 0 N–H and O–H groups in total. The molecule has 16 heavy (non-hydrogen) atoms. The summed E-state index contributed by atoms with van der Waals surface area (Å²) < 4.78 is 5.77. The van der Waals surface area contributed by atoms with Gasteiger partial charge in [-0.3, -0.25) is 0 Å². The van der Waals surface area contributed by atoms with Crippen molar-refractivity contribution in [2.45, 2.75) is 49.6 Å². The maximum atomic E-state index is 5.77. The third-order valence-corrected chi connectivity index (χ3v) is 7.05. The minimum Gasteiger partial charge on any atom is -0.370 e. The van der Waals surface area contributed by atoms with Crippen molar-refractivity contribution in [3.63, 3.8) is 0 Å². The van der Waals surface area contributed by atoms with Crippen LogP contribution < -0.4 is 0 Å². The Bertz CT molecular complexity index is 314. The Kier molecular flexibility index (Phi) is 1.64. The smallest absolute Gasteiger partial charge is 0.0844 e. The summed E-state index contributed by atoms with van der Waals surface area (Å²) in [5, 5.41) is 0.728. The maximum Gasteiger partial charge on any atom is 0.0844 e. The molecule has 8 unspecified atom stereocenters. The topological polar surface area (TPSA) is 12.5 Å². The molecule has 0 amide bonds. The van der Waals surface area contributed by atoms with Crippen LogP contribution in [-0.4, -0.2) is 17.5 Å². The van der Waals surface area contributed by atoms with Crippen molar-refractivity contribution in [2.75, 3.05) is 0 Å². The average molecular weight is 236 g/mol. The molecule has 0 radical (unpaired) electrons. The first kappa shape index (κ1) is 9.27. The van der Waals surface area contributed by atoms with Crippen LogP contribution in [0, 0.1) is 35.5 Å². The van der Waals surface area contributed by atoms with Crippen LogP contribution in [0.2, 0.25) is 0 Å². The fourth-order valence-corrected chi connectivity index (χ4v) is 6.66. The fraction of sp³-hybridized carbons (Fsp3) is 1.00. The molecule has 8 atom stereocenters. The molecule has 4 aliphatic carbocycles. The second-order valence-corrected chi connectivity index (χ2v) is 7.76. The number of fused-ring (bicyclic) bond motifs is 9. The highest BCUT2D eigenvalue weighted by Crippen LogP contribution is 2.68. The second kappa shape index (κ2) is 2.83. The van der Waals surface area contributed by atoms with E-state index < -0.39 is 0 Å². The van der Waals surface area contributed by atoms with Crippen LogP contribution in [0.3, 0.4) is 0 Å². The van der Waals surface area contributed by atoms with Crippen LogP contribution in [0.15, 0.2) is 0 Å². The van der Waals surface area contributed by atoms with Crippen LogP contribution in [0.5, 0.6) is 0 Å². The van der Waals surface area contributed by atoms with E-state index >= 15 is 0 Å². The van der Waals surface area contributed by atoms with Gasteiger partial charge in [0.1, 0.15) is 0 Å². The summed E-state index contributed by atoms with van der Waals surface area (Å²) >= 11 is 4.74. The Labute approximate surface area is 103 Å². The first-order valence-electron chi connectivity index (χ1n) is 7.15. The van der Waals surface area contributed by atoms with Gasteiger partial charge in [0.2, 0.25) is 0 Å². The molecule has 2 heteroatoms. The molecule has 1 aliphatic heterocycles. The second-order valence-electron chi connectivity index (χ2n) is 7.03. The Hall–Kier alpha value is 0.310. The van der Waals surface area contributed by atoms with Crippen molar-refractivity contribution in [3.8, 4) is 0 Å². The molecule has 0 aromatic heterocycles. The molecule has 0 aromatic rings. The molecule has 4 saturated carbocycles. The zero-order valence-electron chi connectivity index (χ0n) is 9.59. The Morgan fingerprint density at radius 2 is 1.06 bits per heavy atom. The van der Waals surface area contributed by atoms with Crippen molar-refractivity contribution >= 4 is 12.6 Å². The third kappa shape index (κ3) is 1.00. The van der Waals surface area contributed by atoms with E-state index in [1.54, 1.807) is 6.42 Å². The van der Waals surface area contributed by atoms with E-state index in [1.807, 2.05) is 0 Å². The zero-order valence-corrected chi connectivity index (χ0v) is 10.5. The number of hydrogen-bond acceptors (Lipinski definition) is 2. The summed E-state index contributed by atoms with van der Waals surface area (Å²) in [5.74, 6) is 6.36. The molecule has 1 saturated heterocycles. The summed E-state index contributed by atoms with van der Waals surface area (Å²) in [6.07, 6.45) is 8.62. The van der Waals surface area contributed by atoms with Crippen LogP contribution in [0.1, 0.15) is 32.1 Å². The lowest BCUT2D eigenvalue weighted by molar-refractivity contribution is 0.0909. The van der Waals surface area contributed by atoms with Gasteiger partial charge < -0.3 is 4.74 Å². The molecule has 2 bridgehead atoms. The maximum absolute atomic E-state index is 5.77. The molecule has 1 heterocycles. The van der Waals surface area contributed by atoms with E-state index in [2.05, 4.69) is 0 Å². The Morgan fingerprint density at radius 3 is 1.62 bits per heavy atom. The zero-order chi connectivity index (χ0) is 10.4. The number of hydrogen-bond donors (Lipinski definition) is 1. The van der Waals surface area contributed by atoms with Gasteiger partial charge in [0.25, 0.3) is 0 Å². The minimum atomic E-state index is 0.687. The van der Waals surface area contributed by atoms with Crippen LogP contribution in [0.25, 0.3) is 0 Å². The summed E-state index contributed by atoms with van der Waals surface area (Å²) in [6.45, 7) is 0. The van der Waals surface area contributed by atoms with Gasteiger partial charge >= 0.3 is 0 Å². The van der Waals surface area contributed by atoms with E-state index in [1.165, 1.54) is 25.7 Å². The number of rotatable bonds is 0. The largest absolute Gasteiger partial charge is 0.370 e. The molecular weight excluding hydrogens is 216 g/mol. The van der Waals surface area contributed by atoms with Gasteiger partial charge in [0, 0.05) is 5.25 Å². The van der Waals surface area contributed by atoms with Crippen molar-refractivity contribution < 1.29 is 4.74 Å². The van der Waals surface area contributed by atoms with Crippen LogP contribution in [-0.2, 0) is 4.74 Å². The Morgan fingerprint density at radius 1 is 0.625 bits per heavy atom. The normalized spacial score (nSPS) is 69.9. The lowest BCUT2D eigenvalue weighted by atomic mass is 9.64. The standard InChI is InChI=1S/C14H20OS/c16-6-1-7-8(2-6)10-3-9(7)11-4-13-14(15-13)5-12(10)11/h6-14,16H,1-5H2.